The van der Waals surface area contributed by atoms with Gasteiger partial charge in [-0.25, -0.2) is 0 Å². The number of likely N-dealkylation sites (N-methyl/N-ethyl adjacent to an activating group) is 1. The molecule has 1 amide bonds. The van der Waals surface area contributed by atoms with Crippen LogP contribution in [0, 0.1) is 0 Å². The van der Waals surface area contributed by atoms with E-state index in [4.69, 9.17) is 10.5 Å². The van der Waals surface area contributed by atoms with E-state index in [9.17, 15) is 4.79 Å². The Morgan fingerprint density at radius 1 is 1.59 bits per heavy atom. The van der Waals surface area contributed by atoms with Gasteiger partial charge in [-0.1, -0.05) is 6.92 Å². The third kappa shape index (κ3) is 6.00. The number of hydrogen-bond acceptors (Lipinski definition) is 4. The van der Waals surface area contributed by atoms with Gasteiger partial charge in [-0.2, -0.15) is 0 Å². The molecule has 0 aromatic carbocycles. The first-order valence-corrected chi connectivity index (χ1v) is 6.30. The Balaban J connectivity index is 2.23. The molecule has 1 saturated heterocycles. The first-order valence-electron chi connectivity index (χ1n) is 6.30. The summed E-state index contributed by atoms with van der Waals surface area (Å²) >= 11 is 0. The molecular weight excluding hydrogens is 218 g/mol. The number of ether oxygens (including phenoxy) is 1. The van der Waals surface area contributed by atoms with Crippen molar-refractivity contribution >= 4 is 5.91 Å². The van der Waals surface area contributed by atoms with E-state index in [1.165, 1.54) is 0 Å². The van der Waals surface area contributed by atoms with Gasteiger partial charge in [0.15, 0.2) is 0 Å². The number of morpholine rings is 1. The normalized spacial score (nSPS) is 22.5. The first kappa shape index (κ1) is 14.4. The molecule has 1 aliphatic heterocycles. The number of carbonyl (C=O) groups excluding carboxylic acids is 1. The van der Waals surface area contributed by atoms with Gasteiger partial charge in [0.1, 0.15) is 0 Å². The van der Waals surface area contributed by atoms with Crippen LogP contribution in [0.2, 0.25) is 0 Å². The van der Waals surface area contributed by atoms with Crippen molar-refractivity contribution in [3.05, 3.63) is 0 Å². The number of nitrogens with one attached hydrogen (secondary N) is 1. The molecule has 5 nitrogen and oxygen atoms in total. The van der Waals surface area contributed by atoms with E-state index >= 15 is 0 Å². The second kappa shape index (κ2) is 6.33. The molecule has 0 aliphatic carbocycles. The Morgan fingerprint density at radius 2 is 2.29 bits per heavy atom. The third-order valence-corrected chi connectivity index (χ3v) is 2.81. The van der Waals surface area contributed by atoms with Crippen molar-refractivity contribution in [3.63, 3.8) is 0 Å². The topological polar surface area (TPSA) is 67.6 Å². The van der Waals surface area contributed by atoms with Crippen LogP contribution in [-0.2, 0) is 9.53 Å². The van der Waals surface area contributed by atoms with Gasteiger partial charge in [0.25, 0.3) is 0 Å². The number of nitrogens with two attached hydrogens (primary N) is 1. The van der Waals surface area contributed by atoms with Crippen molar-refractivity contribution in [2.75, 3.05) is 32.8 Å². The van der Waals surface area contributed by atoms with Gasteiger partial charge in [0.05, 0.1) is 12.7 Å². The first-order chi connectivity index (χ1) is 7.90. The third-order valence-electron chi connectivity index (χ3n) is 2.81. The van der Waals surface area contributed by atoms with Crippen LogP contribution in [0.5, 0.6) is 0 Å². The minimum absolute atomic E-state index is 0.00489. The zero-order valence-corrected chi connectivity index (χ0v) is 11.2. The molecule has 17 heavy (non-hydrogen) atoms. The maximum Gasteiger partial charge on any atom is 0.221 e. The van der Waals surface area contributed by atoms with Gasteiger partial charge in [0, 0.05) is 31.6 Å². The highest BCUT2D eigenvalue weighted by Gasteiger charge is 2.21. The number of amides is 1. The monoisotopic (exact) mass is 243 g/mol. The summed E-state index contributed by atoms with van der Waals surface area (Å²) in [7, 11) is 0. The number of nitrogens with zero attached hydrogens (tertiary/aromatic N) is 1. The van der Waals surface area contributed by atoms with E-state index in [0.29, 0.717) is 13.0 Å². The van der Waals surface area contributed by atoms with Crippen molar-refractivity contribution < 1.29 is 9.53 Å². The SMILES string of the molecule is CCN1CCOC(CNC(=O)CC(C)(C)N)C1. The minimum Gasteiger partial charge on any atom is -0.374 e. The lowest BCUT2D eigenvalue weighted by atomic mass is 10.0. The summed E-state index contributed by atoms with van der Waals surface area (Å²) in [4.78, 5) is 13.9. The molecule has 0 spiro atoms. The fourth-order valence-corrected chi connectivity index (χ4v) is 1.90. The highest BCUT2D eigenvalue weighted by Crippen LogP contribution is 2.05. The smallest absolute Gasteiger partial charge is 0.221 e. The van der Waals surface area contributed by atoms with Crippen LogP contribution >= 0.6 is 0 Å². The van der Waals surface area contributed by atoms with Gasteiger partial charge >= 0.3 is 0 Å². The molecule has 0 aromatic heterocycles. The van der Waals surface area contributed by atoms with E-state index in [2.05, 4.69) is 17.1 Å². The molecule has 0 aromatic rings. The lowest BCUT2D eigenvalue weighted by molar-refractivity contribution is -0.123. The van der Waals surface area contributed by atoms with Crippen LogP contribution in [-0.4, -0.2) is 55.2 Å². The van der Waals surface area contributed by atoms with Gasteiger partial charge in [-0.15, -0.1) is 0 Å². The fraction of sp³-hybridized carbons (Fsp3) is 0.917. The van der Waals surface area contributed by atoms with Crippen LogP contribution in [0.3, 0.4) is 0 Å². The molecule has 0 radical (unpaired) electrons. The Morgan fingerprint density at radius 3 is 2.88 bits per heavy atom. The lowest BCUT2D eigenvalue weighted by Crippen LogP contribution is -2.48. The summed E-state index contributed by atoms with van der Waals surface area (Å²) in [5, 5.41) is 2.88. The number of rotatable bonds is 5. The van der Waals surface area contributed by atoms with E-state index in [1.54, 1.807) is 0 Å². The number of carbonyl (C=O) groups is 1. The second-order valence-corrected chi connectivity index (χ2v) is 5.36. The van der Waals surface area contributed by atoms with E-state index < -0.39 is 5.54 Å². The van der Waals surface area contributed by atoms with Gasteiger partial charge < -0.3 is 15.8 Å². The van der Waals surface area contributed by atoms with E-state index in [1.807, 2.05) is 13.8 Å². The molecule has 0 saturated carbocycles. The predicted molar refractivity (Wildman–Crippen MR) is 67.7 cm³/mol. The fourth-order valence-electron chi connectivity index (χ4n) is 1.90. The summed E-state index contributed by atoms with van der Waals surface area (Å²) in [6.07, 6.45) is 0.450. The minimum atomic E-state index is -0.451. The van der Waals surface area contributed by atoms with Crippen molar-refractivity contribution in [2.45, 2.75) is 38.8 Å². The van der Waals surface area contributed by atoms with Crippen LogP contribution in [0.25, 0.3) is 0 Å². The molecule has 1 unspecified atom stereocenters. The van der Waals surface area contributed by atoms with Crippen molar-refractivity contribution in [1.29, 1.82) is 0 Å². The van der Waals surface area contributed by atoms with Crippen LogP contribution in [0.15, 0.2) is 0 Å². The Kier molecular flexibility index (Phi) is 5.36. The summed E-state index contributed by atoms with van der Waals surface area (Å²) in [5.74, 6) is -0.00489. The maximum atomic E-state index is 11.6. The molecule has 5 heteroatoms. The van der Waals surface area contributed by atoms with Crippen LogP contribution in [0.4, 0.5) is 0 Å². The van der Waals surface area contributed by atoms with Crippen LogP contribution in [0.1, 0.15) is 27.2 Å². The standard InChI is InChI=1S/C12H25N3O2/c1-4-15-5-6-17-10(9-15)8-14-11(16)7-12(2,3)13/h10H,4-9,13H2,1-3H3,(H,14,16). The van der Waals surface area contributed by atoms with E-state index in [-0.39, 0.29) is 12.0 Å². The highest BCUT2D eigenvalue weighted by atomic mass is 16.5. The van der Waals surface area contributed by atoms with Crippen molar-refractivity contribution in [2.24, 2.45) is 5.73 Å². The summed E-state index contributed by atoms with van der Waals surface area (Å²) in [6.45, 7) is 10.1. The zero-order chi connectivity index (χ0) is 12.9. The highest BCUT2D eigenvalue weighted by molar-refractivity contribution is 5.77. The van der Waals surface area contributed by atoms with Crippen LogP contribution < -0.4 is 11.1 Å². The maximum absolute atomic E-state index is 11.6. The van der Waals surface area contributed by atoms with Crippen molar-refractivity contribution in [3.8, 4) is 0 Å². The average molecular weight is 243 g/mol. The Hall–Kier alpha value is -0.650. The Bertz CT molecular complexity index is 251. The second-order valence-electron chi connectivity index (χ2n) is 5.36. The predicted octanol–water partition coefficient (Wildman–Crippen LogP) is -0.0493. The zero-order valence-electron chi connectivity index (χ0n) is 11.2. The summed E-state index contributed by atoms with van der Waals surface area (Å²) < 4.78 is 5.60. The molecule has 3 N–H and O–H groups in total. The molecule has 1 aliphatic rings. The largest absolute Gasteiger partial charge is 0.374 e. The quantitative estimate of drug-likeness (QED) is 0.710. The molecule has 1 fully saturated rings. The summed E-state index contributed by atoms with van der Waals surface area (Å²) in [5.41, 5.74) is 5.34. The van der Waals surface area contributed by atoms with Crippen molar-refractivity contribution in [1.82, 2.24) is 10.2 Å². The molecular formula is C12H25N3O2. The molecule has 1 rings (SSSR count). The lowest BCUT2D eigenvalue weighted by Gasteiger charge is -2.32. The molecule has 1 heterocycles. The Labute approximate surface area is 104 Å². The summed E-state index contributed by atoms with van der Waals surface area (Å²) in [6, 6.07) is 0. The average Bonchev–Trinajstić information content (AvgIpc) is 2.24. The molecule has 0 bridgehead atoms. The molecule has 100 valence electrons. The molecule has 1 atom stereocenters. The van der Waals surface area contributed by atoms with Gasteiger partial charge in [-0.3, -0.25) is 9.69 Å². The number of hydrogen-bond donors (Lipinski definition) is 2. The van der Waals surface area contributed by atoms with E-state index in [0.717, 1.165) is 26.2 Å². The van der Waals surface area contributed by atoms with Gasteiger partial charge in [-0.05, 0) is 20.4 Å². The van der Waals surface area contributed by atoms with Gasteiger partial charge in [0.2, 0.25) is 5.91 Å².